The second-order valence-corrected chi connectivity index (χ2v) is 3.55. The largest absolute Gasteiger partial charge is 0.494 e. The van der Waals surface area contributed by atoms with Crippen molar-refractivity contribution in [2.45, 2.75) is 6.92 Å². The summed E-state index contributed by atoms with van der Waals surface area (Å²) in [6.07, 6.45) is 1.72. The molecule has 2 rings (SSSR count). The van der Waals surface area contributed by atoms with Gasteiger partial charge in [-0.25, -0.2) is 0 Å². The second-order valence-electron chi connectivity index (χ2n) is 3.55. The van der Waals surface area contributed by atoms with Gasteiger partial charge in [0.15, 0.2) is 0 Å². The molecule has 4 nitrogen and oxygen atoms in total. The van der Waals surface area contributed by atoms with Gasteiger partial charge in [-0.15, -0.1) is 0 Å². The van der Waals surface area contributed by atoms with Gasteiger partial charge in [0.1, 0.15) is 17.2 Å². The molecule has 0 aliphatic rings. The Hall–Kier alpha value is -2.23. The topological polar surface area (TPSA) is 55.2 Å². The molecule has 0 saturated heterocycles. The molecule has 1 aromatic carbocycles. The summed E-state index contributed by atoms with van der Waals surface area (Å²) in [5.41, 5.74) is 8.75. The molecular weight excluding hydrogens is 216 g/mol. The number of aromatic nitrogens is 1. The first-order valence-electron chi connectivity index (χ1n) is 5.20. The Bertz CT molecular complexity index is 527. The lowest BCUT2D eigenvalue weighted by molar-refractivity contribution is 0.409. The highest BCUT2D eigenvalue weighted by Crippen LogP contribution is 2.31. The number of ether oxygens (including phenoxy) is 2. The van der Waals surface area contributed by atoms with E-state index in [1.165, 1.54) is 7.11 Å². The van der Waals surface area contributed by atoms with Gasteiger partial charge >= 0.3 is 0 Å². The summed E-state index contributed by atoms with van der Waals surface area (Å²) >= 11 is 0. The van der Waals surface area contributed by atoms with Gasteiger partial charge in [0, 0.05) is 12.3 Å². The zero-order chi connectivity index (χ0) is 12.3. The number of benzene rings is 1. The van der Waals surface area contributed by atoms with Crippen LogP contribution in [-0.2, 0) is 0 Å². The maximum atomic E-state index is 7.60. The van der Waals surface area contributed by atoms with Crippen molar-refractivity contribution in [3.8, 4) is 17.2 Å². The Morgan fingerprint density at radius 1 is 1.18 bits per heavy atom. The van der Waals surface area contributed by atoms with E-state index in [0.29, 0.717) is 22.9 Å². The highest BCUT2D eigenvalue weighted by molar-refractivity contribution is 5.53. The fourth-order valence-corrected chi connectivity index (χ4v) is 1.44. The molecule has 0 aliphatic carbocycles. The van der Waals surface area contributed by atoms with Crippen molar-refractivity contribution in [3.63, 3.8) is 0 Å². The lowest BCUT2D eigenvalue weighted by Crippen LogP contribution is -1.91. The zero-order valence-electron chi connectivity index (χ0n) is 9.73. The molecule has 0 atom stereocenters. The Kier molecular flexibility index (Phi) is 3.14. The quantitative estimate of drug-likeness (QED) is 0.812. The van der Waals surface area contributed by atoms with Gasteiger partial charge < -0.3 is 9.47 Å². The summed E-state index contributed by atoms with van der Waals surface area (Å²) in [5.74, 6) is 1.82. The summed E-state index contributed by atoms with van der Waals surface area (Å²) in [6.45, 7) is 1.88. The van der Waals surface area contributed by atoms with E-state index >= 15 is 0 Å². The maximum absolute atomic E-state index is 7.60. The fraction of sp³-hybridized carbons (Fsp3) is 0.154. The molecule has 2 aromatic rings. The van der Waals surface area contributed by atoms with Crippen LogP contribution in [0, 0.1) is 6.92 Å². The van der Waals surface area contributed by atoms with Crippen LogP contribution in [0.25, 0.3) is 0 Å². The second kappa shape index (κ2) is 4.74. The summed E-state index contributed by atoms with van der Waals surface area (Å²) in [6, 6.07) is 8.73. The highest BCUT2D eigenvalue weighted by Gasteiger charge is 2.05. The standard InChI is InChI=1S/C13H13N2O2/c1-9-12(4-3-7-15-9)17-10-5-6-11(14)13(8-10)16-2/h3-8,14H,1-2H3. The molecule has 0 unspecified atom stereocenters. The van der Waals surface area contributed by atoms with Crippen LogP contribution in [0.2, 0.25) is 0 Å². The van der Waals surface area contributed by atoms with Crippen LogP contribution < -0.4 is 15.2 Å². The molecule has 4 heteroatoms. The van der Waals surface area contributed by atoms with Gasteiger partial charge in [0.25, 0.3) is 0 Å². The molecule has 0 bridgehead atoms. The number of hydrogen-bond acceptors (Lipinski definition) is 3. The van der Waals surface area contributed by atoms with Crippen molar-refractivity contribution < 1.29 is 9.47 Å². The van der Waals surface area contributed by atoms with Gasteiger partial charge in [-0.2, -0.15) is 0 Å². The predicted molar refractivity (Wildman–Crippen MR) is 64.8 cm³/mol. The van der Waals surface area contributed by atoms with Crippen molar-refractivity contribution in [2.24, 2.45) is 0 Å². The zero-order valence-corrected chi connectivity index (χ0v) is 9.73. The van der Waals surface area contributed by atoms with Gasteiger partial charge in [-0.3, -0.25) is 10.7 Å². The highest BCUT2D eigenvalue weighted by atomic mass is 16.5. The molecule has 1 N–H and O–H groups in total. The normalized spacial score (nSPS) is 10.0. The molecule has 0 fully saturated rings. The number of nitrogens with one attached hydrogen (secondary N) is 1. The van der Waals surface area contributed by atoms with Crippen LogP contribution in [0.5, 0.6) is 17.2 Å². The summed E-state index contributed by atoms with van der Waals surface area (Å²) < 4.78 is 10.8. The van der Waals surface area contributed by atoms with Crippen LogP contribution in [0.15, 0.2) is 36.5 Å². The van der Waals surface area contributed by atoms with Crippen molar-refractivity contribution >= 4 is 5.69 Å². The molecule has 0 amide bonds. The third-order valence-corrected chi connectivity index (χ3v) is 2.36. The molecule has 1 aromatic heterocycles. The van der Waals surface area contributed by atoms with E-state index in [4.69, 9.17) is 15.2 Å². The number of methoxy groups -OCH3 is 1. The van der Waals surface area contributed by atoms with E-state index in [2.05, 4.69) is 4.98 Å². The van der Waals surface area contributed by atoms with Gasteiger partial charge in [-0.05, 0) is 31.2 Å². The lowest BCUT2D eigenvalue weighted by Gasteiger charge is -2.09. The minimum absolute atomic E-state index is 0.336. The number of rotatable bonds is 3. The van der Waals surface area contributed by atoms with E-state index in [-0.39, 0.29) is 0 Å². The van der Waals surface area contributed by atoms with Crippen molar-refractivity contribution in [2.75, 3.05) is 7.11 Å². The molecule has 87 valence electrons. The monoisotopic (exact) mass is 229 g/mol. The maximum Gasteiger partial charge on any atom is 0.148 e. The van der Waals surface area contributed by atoms with Crippen molar-refractivity contribution in [1.29, 1.82) is 0 Å². The average molecular weight is 229 g/mol. The Morgan fingerprint density at radius 3 is 2.71 bits per heavy atom. The average Bonchev–Trinajstić information content (AvgIpc) is 2.34. The smallest absolute Gasteiger partial charge is 0.148 e. The molecule has 17 heavy (non-hydrogen) atoms. The lowest BCUT2D eigenvalue weighted by atomic mass is 10.3. The van der Waals surface area contributed by atoms with Crippen LogP contribution in [0.3, 0.4) is 0 Å². The fourth-order valence-electron chi connectivity index (χ4n) is 1.44. The number of pyridine rings is 1. The number of aryl methyl sites for hydroxylation is 1. The summed E-state index contributed by atoms with van der Waals surface area (Å²) in [4.78, 5) is 4.14. The molecule has 1 heterocycles. The van der Waals surface area contributed by atoms with Crippen LogP contribution in [-0.4, -0.2) is 12.1 Å². The van der Waals surface area contributed by atoms with Gasteiger partial charge in [-0.1, -0.05) is 0 Å². The third kappa shape index (κ3) is 2.47. The van der Waals surface area contributed by atoms with E-state index in [0.717, 1.165) is 5.69 Å². The van der Waals surface area contributed by atoms with Crippen LogP contribution in [0.4, 0.5) is 5.69 Å². The van der Waals surface area contributed by atoms with Crippen molar-refractivity contribution in [1.82, 2.24) is 10.7 Å². The van der Waals surface area contributed by atoms with E-state index < -0.39 is 0 Å². The third-order valence-electron chi connectivity index (χ3n) is 2.36. The van der Waals surface area contributed by atoms with Gasteiger partial charge in [0.05, 0.1) is 18.5 Å². The molecule has 1 radical (unpaired) electrons. The SMILES string of the molecule is COc1cc(Oc2cccnc2C)ccc1[NH]. The van der Waals surface area contributed by atoms with Gasteiger partial charge in [0.2, 0.25) is 0 Å². The minimum Gasteiger partial charge on any atom is -0.494 e. The first-order chi connectivity index (χ1) is 8.20. The molecule has 0 saturated carbocycles. The first-order valence-corrected chi connectivity index (χ1v) is 5.20. The molecule has 0 aliphatic heterocycles. The number of hydrogen-bond donors (Lipinski definition) is 0. The Labute approximate surface area is 100 Å². The predicted octanol–water partition coefficient (Wildman–Crippen LogP) is 3.11. The van der Waals surface area contributed by atoms with Crippen LogP contribution in [0.1, 0.15) is 5.69 Å². The molecule has 0 spiro atoms. The van der Waals surface area contributed by atoms with E-state index in [1.54, 1.807) is 24.4 Å². The summed E-state index contributed by atoms with van der Waals surface area (Å²) in [5, 5.41) is 0. The Balaban J connectivity index is 2.28. The van der Waals surface area contributed by atoms with Crippen molar-refractivity contribution in [3.05, 3.63) is 42.2 Å². The van der Waals surface area contributed by atoms with E-state index in [1.807, 2.05) is 19.1 Å². The van der Waals surface area contributed by atoms with E-state index in [9.17, 15) is 0 Å². The Morgan fingerprint density at radius 2 is 2.00 bits per heavy atom. The number of nitrogens with zero attached hydrogens (tertiary/aromatic N) is 1. The summed E-state index contributed by atoms with van der Waals surface area (Å²) in [7, 11) is 1.53. The minimum atomic E-state index is 0.336. The first kappa shape index (κ1) is 11.3. The van der Waals surface area contributed by atoms with Crippen LogP contribution >= 0.6 is 0 Å². The molecular formula is C13H13N2O2.